The van der Waals surface area contributed by atoms with Crippen LogP contribution < -0.4 is 16.0 Å². The Hall–Kier alpha value is -2.08. The fourth-order valence-corrected chi connectivity index (χ4v) is 3.60. The molecule has 1 saturated heterocycles. The second-order valence-electron chi connectivity index (χ2n) is 6.37. The maximum absolute atomic E-state index is 6.08. The molecule has 1 aromatic rings. The van der Waals surface area contributed by atoms with E-state index in [9.17, 15) is 0 Å². The molecule has 0 spiro atoms. The Labute approximate surface area is 137 Å². The SMILES string of the molecule is N=CC=N.Nc1ccc2c(c1)NC1CCN(C3CCC3)CCN21. The lowest BCUT2D eigenvalue weighted by Crippen LogP contribution is -2.42. The molecule has 1 aliphatic carbocycles. The lowest BCUT2D eigenvalue weighted by atomic mass is 9.91. The maximum atomic E-state index is 6.08. The summed E-state index contributed by atoms with van der Waals surface area (Å²) in [6.07, 6.45) is 7.73. The predicted octanol–water partition coefficient (Wildman–Crippen LogP) is 2.37. The van der Waals surface area contributed by atoms with Crippen molar-refractivity contribution in [3.05, 3.63) is 18.2 Å². The Bertz CT molecular complexity index is 562. The summed E-state index contributed by atoms with van der Waals surface area (Å²) in [6, 6.07) is 7.10. The van der Waals surface area contributed by atoms with E-state index >= 15 is 0 Å². The smallest absolute Gasteiger partial charge is 0.100 e. The van der Waals surface area contributed by atoms with E-state index in [1.165, 1.54) is 50.1 Å². The summed E-state index contributed by atoms with van der Waals surface area (Å²) in [7, 11) is 0. The molecule has 0 bridgehead atoms. The quantitative estimate of drug-likeness (QED) is 0.498. The highest BCUT2D eigenvalue weighted by Crippen LogP contribution is 2.38. The summed E-state index contributed by atoms with van der Waals surface area (Å²) in [5.41, 5.74) is 9.26. The normalized spacial score (nSPS) is 23.3. The number of rotatable bonds is 2. The average molecular weight is 314 g/mol. The van der Waals surface area contributed by atoms with Crippen LogP contribution in [0.5, 0.6) is 0 Å². The summed E-state index contributed by atoms with van der Waals surface area (Å²) in [5, 5.41) is 15.8. The minimum Gasteiger partial charge on any atom is -0.399 e. The molecular weight excluding hydrogens is 288 g/mol. The van der Waals surface area contributed by atoms with Crippen LogP contribution in [0, 0.1) is 10.8 Å². The molecule has 1 unspecified atom stereocenters. The monoisotopic (exact) mass is 314 g/mol. The Balaban J connectivity index is 0.000000354. The fraction of sp³-hybridized carbons (Fsp3) is 0.529. The number of nitrogens with two attached hydrogens (primary N) is 1. The Morgan fingerprint density at radius 2 is 1.87 bits per heavy atom. The minimum absolute atomic E-state index is 0.460. The number of benzene rings is 1. The van der Waals surface area contributed by atoms with E-state index in [4.69, 9.17) is 16.6 Å². The third-order valence-electron chi connectivity index (χ3n) is 5.02. The van der Waals surface area contributed by atoms with E-state index in [-0.39, 0.29) is 0 Å². The first-order valence-corrected chi connectivity index (χ1v) is 8.39. The molecule has 2 aliphatic heterocycles. The second kappa shape index (κ2) is 7.00. The van der Waals surface area contributed by atoms with Crippen molar-refractivity contribution in [2.24, 2.45) is 0 Å². The van der Waals surface area contributed by atoms with Gasteiger partial charge in [-0.1, -0.05) is 6.42 Å². The van der Waals surface area contributed by atoms with Crippen molar-refractivity contribution >= 4 is 29.5 Å². The van der Waals surface area contributed by atoms with Gasteiger partial charge in [-0.2, -0.15) is 0 Å². The second-order valence-corrected chi connectivity index (χ2v) is 6.37. The van der Waals surface area contributed by atoms with Crippen LogP contribution in [-0.2, 0) is 0 Å². The highest BCUT2D eigenvalue weighted by molar-refractivity contribution is 6.12. The van der Waals surface area contributed by atoms with Gasteiger partial charge >= 0.3 is 0 Å². The van der Waals surface area contributed by atoms with Crippen LogP contribution in [0.2, 0.25) is 0 Å². The van der Waals surface area contributed by atoms with Gasteiger partial charge in [0.15, 0.2) is 0 Å². The number of nitrogens with one attached hydrogen (secondary N) is 3. The summed E-state index contributed by atoms with van der Waals surface area (Å²) in [4.78, 5) is 5.22. The van der Waals surface area contributed by atoms with E-state index in [1.807, 2.05) is 6.07 Å². The molecule has 5 N–H and O–H groups in total. The zero-order chi connectivity index (χ0) is 16.2. The van der Waals surface area contributed by atoms with Gasteiger partial charge in [0.1, 0.15) is 6.17 Å². The molecule has 1 atom stereocenters. The Morgan fingerprint density at radius 3 is 2.52 bits per heavy atom. The lowest BCUT2D eigenvalue weighted by molar-refractivity contribution is 0.135. The highest BCUT2D eigenvalue weighted by Gasteiger charge is 2.34. The van der Waals surface area contributed by atoms with Crippen molar-refractivity contribution < 1.29 is 0 Å². The van der Waals surface area contributed by atoms with Crippen LogP contribution in [0.4, 0.5) is 17.1 Å². The van der Waals surface area contributed by atoms with Gasteiger partial charge in [0.2, 0.25) is 0 Å². The number of hydrogen-bond acceptors (Lipinski definition) is 6. The molecule has 0 amide bonds. The fourth-order valence-electron chi connectivity index (χ4n) is 3.60. The topological polar surface area (TPSA) is 92.2 Å². The zero-order valence-corrected chi connectivity index (χ0v) is 13.5. The summed E-state index contributed by atoms with van der Waals surface area (Å²) in [5.74, 6) is 0. The molecule has 0 radical (unpaired) electrons. The molecule has 1 aromatic carbocycles. The molecule has 2 heterocycles. The van der Waals surface area contributed by atoms with Crippen molar-refractivity contribution in [1.29, 1.82) is 10.8 Å². The van der Waals surface area contributed by atoms with Gasteiger partial charge in [0.05, 0.1) is 11.4 Å². The van der Waals surface area contributed by atoms with Crippen LogP contribution in [0.1, 0.15) is 25.7 Å². The van der Waals surface area contributed by atoms with Crippen LogP contribution in [0.3, 0.4) is 0 Å². The number of nitrogen functional groups attached to an aromatic ring is 1. The third kappa shape index (κ3) is 3.32. The van der Waals surface area contributed by atoms with Crippen molar-refractivity contribution in [3.63, 3.8) is 0 Å². The Morgan fingerprint density at radius 1 is 1.09 bits per heavy atom. The molecule has 0 aromatic heterocycles. The van der Waals surface area contributed by atoms with Crippen LogP contribution in [0.25, 0.3) is 0 Å². The van der Waals surface area contributed by atoms with Gasteiger partial charge < -0.3 is 26.8 Å². The largest absolute Gasteiger partial charge is 0.399 e. The number of fused-ring (bicyclic) bond motifs is 3. The first kappa shape index (κ1) is 15.8. The van der Waals surface area contributed by atoms with Gasteiger partial charge in [-0.25, -0.2) is 0 Å². The lowest BCUT2D eigenvalue weighted by Gasteiger charge is -2.36. The van der Waals surface area contributed by atoms with E-state index < -0.39 is 0 Å². The zero-order valence-electron chi connectivity index (χ0n) is 13.5. The van der Waals surface area contributed by atoms with E-state index in [1.54, 1.807) is 0 Å². The highest BCUT2D eigenvalue weighted by atomic mass is 15.4. The molecule has 3 aliphatic rings. The predicted molar refractivity (Wildman–Crippen MR) is 97.0 cm³/mol. The molecule has 6 heteroatoms. The van der Waals surface area contributed by atoms with Crippen LogP contribution >= 0.6 is 0 Å². The van der Waals surface area contributed by atoms with Gasteiger partial charge in [-0.15, -0.1) is 0 Å². The number of hydrogen-bond donors (Lipinski definition) is 4. The molecule has 2 fully saturated rings. The Kier molecular flexibility index (Phi) is 4.81. The third-order valence-corrected chi connectivity index (χ3v) is 5.02. The molecule has 124 valence electrons. The van der Waals surface area contributed by atoms with Gasteiger partial charge in [-0.05, 0) is 37.5 Å². The van der Waals surface area contributed by atoms with Crippen molar-refractivity contribution in [2.45, 2.75) is 37.9 Å². The van der Waals surface area contributed by atoms with Gasteiger partial charge in [0.25, 0.3) is 0 Å². The summed E-state index contributed by atoms with van der Waals surface area (Å²) in [6.45, 7) is 3.56. The average Bonchev–Trinajstić information content (AvgIpc) is 2.72. The van der Waals surface area contributed by atoms with Crippen molar-refractivity contribution in [2.75, 3.05) is 35.6 Å². The van der Waals surface area contributed by atoms with Crippen LogP contribution in [0.15, 0.2) is 18.2 Å². The summed E-state index contributed by atoms with van der Waals surface area (Å²) < 4.78 is 0. The first-order chi connectivity index (χ1) is 11.2. The number of nitrogens with zero attached hydrogens (tertiary/aromatic N) is 2. The first-order valence-electron chi connectivity index (χ1n) is 8.39. The van der Waals surface area contributed by atoms with Crippen molar-refractivity contribution in [1.82, 2.24) is 4.90 Å². The van der Waals surface area contributed by atoms with Crippen molar-refractivity contribution in [3.8, 4) is 0 Å². The minimum atomic E-state index is 0.460. The molecular formula is C17H26N6. The molecule has 6 nitrogen and oxygen atoms in total. The number of anilines is 3. The summed E-state index contributed by atoms with van der Waals surface area (Å²) >= 11 is 0. The molecule has 4 rings (SSSR count). The maximum Gasteiger partial charge on any atom is 0.100 e. The molecule has 23 heavy (non-hydrogen) atoms. The van der Waals surface area contributed by atoms with E-state index in [0.717, 1.165) is 30.7 Å². The van der Waals surface area contributed by atoms with E-state index in [2.05, 4.69) is 27.2 Å². The standard InChI is InChI=1S/C15H22N4.C2H4N2/c16-11-4-5-14-13(10-11)17-15-6-7-18(8-9-19(14)15)12-2-1-3-12;3-1-2-4/h4-5,10,12,15,17H,1-3,6-9,16H2;1-4H. The molecule has 1 saturated carbocycles. The van der Waals surface area contributed by atoms with E-state index in [0.29, 0.717) is 6.17 Å². The van der Waals surface area contributed by atoms with Crippen LogP contribution in [-0.4, -0.2) is 49.2 Å². The van der Waals surface area contributed by atoms with Gasteiger partial charge in [0, 0.05) is 43.8 Å². The van der Waals surface area contributed by atoms with Gasteiger partial charge in [-0.3, -0.25) is 4.90 Å².